The first-order chi connectivity index (χ1) is 5.47. The Morgan fingerprint density at radius 3 is 2.54 bits per heavy atom. The lowest BCUT2D eigenvalue weighted by Crippen LogP contribution is -1.75. The topological polar surface area (TPSA) is 26.0 Å². The van der Waals surface area contributed by atoms with Crippen LogP contribution in [-0.4, -0.2) is 15.5 Å². The molecule has 0 amide bonds. The monoisotopic (exact) mass is 175 g/mol. The van der Waals surface area contributed by atoms with Gasteiger partial charge < -0.3 is 5.73 Å². The van der Waals surface area contributed by atoms with Crippen LogP contribution in [0.3, 0.4) is 0 Å². The van der Waals surface area contributed by atoms with Crippen LogP contribution in [0.15, 0.2) is 18.2 Å². The van der Waals surface area contributed by atoms with Crippen molar-refractivity contribution in [2.24, 2.45) is 5.73 Å². The molecule has 1 aromatic carbocycles. The Morgan fingerprint density at radius 1 is 1.31 bits per heavy atom. The number of allylic oxidation sites excluding steroid dienone is 1. The van der Waals surface area contributed by atoms with Crippen LogP contribution in [0.5, 0.6) is 0 Å². The van der Waals surface area contributed by atoms with Crippen molar-refractivity contribution in [1.82, 2.24) is 0 Å². The van der Waals surface area contributed by atoms with E-state index in [1.807, 2.05) is 12.1 Å². The normalized spacial score (nSPS) is 9.38. The Kier molecular flexibility index (Phi) is 8.22. The van der Waals surface area contributed by atoms with Crippen molar-refractivity contribution in [3.05, 3.63) is 41.5 Å². The molecule has 1 aromatic rings. The molecule has 2 N–H and O–H groups in total. The van der Waals surface area contributed by atoms with Gasteiger partial charge in [-0.2, -0.15) is 0 Å². The van der Waals surface area contributed by atoms with E-state index in [0.29, 0.717) is 0 Å². The van der Waals surface area contributed by atoms with Crippen molar-refractivity contribution in [2.45, 2.75) is 13.8 Å². The Labute approximate surface area is 84.7 Å². The second kappa shape index (κ2) is 7.45. The molecule has 0 saturated carbocycles. The molecule has 0 spiro atoms. The SMILES string of the molecule is C.CN.[2HH].[B].c1cc2c(cc#1)CC=C2. The molecule has 1 aliphatic carbocycles. The lowest BCUT2D eigenvalue weighted by atomic mass is 10.1. The predicted molar refractivity (Wildman–Crippen MR) is 61.6 cm³/mol. The second-order valence-corrected chi connectivity index (χ2v) is 2.16. The van der Waals surface area contributed by atoms with E-state index < -0.39 is 0 Å². The molecule has 0 unspecified atom stereocenters. The van der Waals surface area contributed by atoms with E-state index in [4.69, 9.17) is 0 Å². The van der Waals surface area contributed by atoms with Crippen molar-refractivity contribution in [3.8, 4) is 0 Å². The highest BCUT2D eigenvalue weighted by atomic mass is 14.4. The number of rotatable bonds is 0. The van der Waals surface area contributed by atoms with E-state index in [2.05, 4.69) is 30.0 Å². The Hall–Kier alpha value is -1.20. The molecular formula is C11H17BN. The van der Waals surface area contributed by atoms with Crippen molar-refractivity contribution in [2.75, 3.05) is 7.05 Å². The highest BCUT2D eigenvalue weighted by Gasteiger charge is 2.00. The zero-order chi connectivity index (χ0) is 8.10. The summed E-state index contributed by atoms with van der Waals surface area (Å²) in [4.78, 5) is 0. The maximum atomic E-state index is 4.50. The van der Waals surface area contributed by atoms with Gasteiger partial charge in [0, 0.05) is 9.84 Å². The molecule has 0 atom stereocenters. The van der Waals surface area contributed by atoms with Crippen LogP contribution in [0, 0.1) is 12.1 Å². The maximum absolute atomic E-state index is 4.50. The van der Waals surface area contributed by atoms with Gasteiger partial charge in [0.1, 0.15) is 0 Å². The van der Waals surface area contributed by atoms with Crippen LogP contribution < -0.4 is 5.73 Å². The van der Waals surface area contributed by atoms with Gasteiger partial charge in [-0.05, 0) is 36.7 Å². The molecule has 0 aliphatic heterocycles. The highest BCUT2D eigenvalue weighted by Crippen LogP contribution is 2.15. The number of hydrogen-bond acceptors (Lipinski definition) is 1. The van der Waals surface area contributed by atoms with Crippen molar-refractivity contribution < 1.29 is 1.43 Å². The second-order valence-electron chi connectivity index (χ2n) is 2.16. The average molecular weight is 175 g/mol. The van der Waals surface area contributed by atoms with E-state index in [9.17, 15) is 0 Å². The van der Waals surface area contributed by atoms with Gasteiger partial charge in [0.2, 0.25) is 0 Å². The van der Waals surface area contributed by atoms with Gasteiger partial charge in [-0.15, -0.1) is 0 Å². The van der Waals surface area contributed by atoms with E-state index in [1.54, 1.807) is 0 Å². The summed E-state index contributed by atoms with van der Waals surface area (Å²) >= 11 is 0. The van der Waals surface area contributed by atoms with Gasteiger partial charge in [0.15, 0.2) is 0 Å². The molecule has 69 valence electrons. The molecule has 1 nitrogen and oxygen atoms in total. The summed E-state index contributed by atoms with van der Waals surface area (Å²) in [6.45, 7) is 0. The van der Waals surface area contributed by atoms with Crippen LogP contribution in [0.1, 0.15) is 20.0 Å². The third-order valence-electron chi connectivity index (χ3n) is 1.56. The minimum atomic E-state index is 0. The summed E-state index contributed by atoms with van der Waals surface area (Å²) in [6, 6.07) is 9.81. The molecule has 0 aromatic heterocycles. The molecule has 13 heavy (non-hydrogen) atoms. The molecule has 3 radical (unpaired) electrons. The lowest BCUT2D eigenvalue weighted by Gasteiger charge is -1.89. The van der Waals surface area contributed by atoms with Gasteiger partial charge in [-0.3, -0.25) is 0 Å². The van der Waals surface area contributed by atoms with Crippen LogP contribution in [0.25, 0.3) is 6.08 Å². The maximum Gasteiger partial charge on any atom is 0 e. The smallest absolute Gasteiger partial charge is 0 e. The molecular weight excluding hydrogens is 157 g/mol. The van der Waals surface area contributed by atoms with Gasteiger partial charge in [-0.25, -0.2) is 0 Å². The number of hydrogen-bond donors (Lipinski definition) is 1. The standard InChI is InChI=1S/C9H6.CH5N.CH4.B.H2/c1-2-5-9-7-3-6-8(9)4-1;1-2;;;/h3-6H,7H2;2H2,1H3;1H4;;1H/i;;;;1+1. The summed E-state index contributed by atoms with van der Waals surface area (Å²) < 4.78 is 0. The first-order valence-corrected chi connectivity index (χ1v) is 3.62. The summed E-state index contributed by atoms with van der Waals surface area (Å²) in [5.41, 5.74) is 7.17. The van der Waals surface area contributed by atoms with E-state index >= 15 is 0 Å². The van der Waals surface area contributed by atoms with Gasteiger partial charge in [-0.1, -0.05) is 31.7 Å². The molecule has 0 saturated heterocycles. The summed E-state index contributed by atoms with van der Waals surface area (Å²) in [7, 11) is 1.50. The van der Waals surface area contributed by atoms with Crippen LogP contribution >= 0.6 is 0 Å². The molecule has 0 fully saturated rings. The fraction of sp³-hybridized carbons (Fsp3) is 0.273. The minimum absolute atomic E-state index is 0. The van der Waals surface area contributed by atoms with E-state index in [1.165, 1.54) is 18.2 Å². The lowest BCUT2D eigenvalue weighted by molar-refractivity contribution is 1.32. The summed E-state index contributed by atoms with van der Waals surface area (Å²) in [6.07, 6.45) is 5.35. The fourth-order valence-electron chi connectivity index (χ4n) is 1.07. The number of fused-ring (bicyclic) bond motifs is 1. The molecule has 1 aliphatic rings. The van der Waals surface area contributed by atoms with Crippen molar-refractivity contribution >= 4 is 14.5 Å². The quantitative estimate of drug-likeness (QED) is 0.599. The zero-order valence-electron chi connectivity index (χ0n) is 7.17. The Bertz CT molecular complexity index is 261. The van der Waals surface area contributed by atoms with Crippen molar-refractivity contribution in [3.63, 3.8) is 0 Å². The van der Waals surface area contributed by atoms with E-state index in [-0.39, 0.29) is 17.3 Å². The van der Waals surface area contributed by atoms with Gasteiger partial charge in [0.25, 0.3) is 0 Å². The zero-order valence-corrected chi connectivity index (χ0v) is 7.17. The first kappa shape index (κ1) is 14.3. The number of nitrogens with two attached hydrogens (primary N) is 1. The molecule has 2 rings (SSSR count). The van der Waals surface area contributed by atoms with Crippen LogP contribution in [0.4, 0.5) is 0 Å². The minimum Gasteiger partial charge on any atom is -0.333 e. The third kappa shape index (κ3) is 3.35. The van der Waals surface area contributed by atoms with E-state index in [0.717, 1.165) is 6.42 Å². The van der Waals surface area contributed by atoms with Gasteiger partial charge >= 0.3 is 0 Å². The summed E-state index contributed by atoms with van der Waals surface area (Å²) in [5.74, 6) is 0. The molecule has 0 heterocycles. The average Bonchev–Trinajstić information content (AvgIpc) is 2.55. The summed E-state index contributed by atoms with van der Waals surface area (Å²) in [5, 5.41) is 0. The van der Waals surface area contributed by atoms with Crippen molar-refractivity contribution in [1.29, 1.82) is 0 Å². The molecule has 0 bridgehead atoms. The van der Waals surface area contributed by atoms with Gasteiger partial charge in [0.05, 0.1) is 0 Å². The predicted octanol–water partition coefficient (Wildman–Crippen LogP) is 1.93. The fourth-order valence-corrected chi connectivity index (χ4v) is 1.07. The third-order valence-corrected chi connectivity index (χ3v) is 1.56. The largest absolute Gasteiger partial charge is 0.333 e. The first-order valence-electron chi connectivity index (χ1n) is 3.62. The highest BCUT2D eigenvalue weighted by molar-refractivity contribution is 5.75. The Balaban J connectivity index is -0.000000229. The molecule has 2 heteroatoms. The van der Waals surface area contributed by atoms with Crippen LogP contribution in [0.2, 0.25) is 0 Å². The van der Waals surface area contributed by atoms with Crippen LogP contribution in [-0.2, 0) is 6.42 Å². The Morgan fingerprint density at radius 2 is 1.92 bits per heavy atom.